The second kappa shape index (κ2) is 4.45. The summed E-state index contributed by atoms with van der Waals surface area (Å²) in [4.78, 5) is 10.8. The Morgan fingerprint density at radius 3 is 3.00 bits per heavy atom. The van der Waals surface area contributed by atoms with Crippen molar-refractivity contribution in [2.24, 2.45) is 0 Å². The first-order chi connectivity index (χ1) is 5.72. The third kappa shape index (κ3) is 2.81. The number of nitrogens with one attached hydrogen (secondary N) is 1. The van der Waals surface area contributed by atoms with Gasteiger partial charge in [0.05, 0.1) is 6.10 Å². The Balaban J connectivity index is 2.11. The molecule has 0 aliphatic carbocycles. The molecule has 2 atom stereocenters. The lowest BCUT2D eigenvalue weighted by Crippen LogP contribution is -2.26. The fourth-order valence-electron chi connectivity index (χ4n) is 1.45. The molecule has 1 rings (SSSR count). The summed E-state index contributed by atoms with van der Waals surface area (Å²) in [5, 5.41) is 2.94. The van der Waals surface area contributed by atoms with E-state index in [1.807, 2.05) is 0 Å². The van der Waals surface area contributed by atoms with Gasteiger partial charge in [-0.1, -0.05) is 0 Å². The van der Waals surface area contributed by atoms with Gasteiger partial charge in [0.1, 0.15) is 0 Å². The van der Waals surface area contributed by atoms with Crippen LogP contribution in [0.2, 0.25) is 0 Å². The summed E-state index contributed by atoms with van der Waals surface area (Å²) in [7, 11) is 1.72. The topological polar surface area (TPSA) is 38.3 Å². The fraction of sp³-hybridized carbons (Fsp3) is 0.889. The van der Waals surface area contributed by atoms with Crippen molar-refractivity contribution in [1.29, 1.82) is 0 Å². The molecule has 3 heteroatoms. The molecule has 0 saturated carbocycles. The highest BCUT2D eigenvalue weighted by Crippen LogP contribution is 2.13. The van der Waals surface area contributed by atoms with Gasteiger partial charge in [-0.15, -0.1) is 0 Å². The molecule has 12 heavy (non-hydrogen) atoms. The zero-order valence-electron chi connectivity index (χ0n) is 7.80. The molecule has 1 aliphatic rings. The fourth-order valence-corrected chi connectivity index (χ4v) is 1.45. The Labute approximate surface area is 73.5 Å². The maximum absolute atomic E-state index is 10.8. The minimum atomic E-state index is 0.199. The van der Waals surface area contributed by atoms with Crippen LogP contribution in [0.15, 0.2) is 0 Å². The molecule has 1 amide bonds. The average molecular weight is 171 g/mol. The second-order valence-electron chi connectivity index (χ2n) is 3.43. The Bertz CT molecular complexity index is 159. The molecular formula is C9H17NO2. The smallest absolute Gasteiger partial charge is 0.220 e. The van der Waals surface area contributed by atoms with Crippen LogP contribution in [-0.2, 0) is 9.53 Å². The van der Waals surface area contributed by atoms with Crippen molar-refractivity contribution in [3.8, 4) is 0 Å². The molecular weight excluding hydrogens is 154 g/mol. The van der Waals surface area contributed by atoms with E-state index in [9.17, 15) is 4.79 Å². The maximum atomic E-state index is 10.8. The summed E-state index contributed by atoms with van der Waals surface area (Å²) < 4.78 is 5.12. The highest BCUT2D eigenvalue weighted by molar-refractivity contribution is 5.78. The molecule has 3 nitrogen and oxygen atoms in total. The van der Waals surface area contributed by atoms with E-state index >= 15 is 0 Å². The van der Waals surface area contributed by atoms with Crippen LogP contribution in [0.4, 0.5) is 0 Å². The van der Waals surface area contributed by atoms with Crippen LogP contribution in [0.1, 0.15) is 32.6 Å². The second-order valence-corrected chi connectivity index (χ2v) is 3.43. The Kier molecular flexibility index (Phi) is 3.53. The van der Waals surface area contributed by atoms with Crippen molar-refractivity contribution in [3.05, 3.63) is 0 Å². The van der Waals surface area contributed by atoms with Crippen molar-refractivity contribution in [2.45, 2.75) is 44.8 Å². The Morgan fingerprint density at radius 2 is 2.50 bits per heavy atom. The molecule has 1 saturated heterocycles. The van der Waals surface area contributed by atoms with Crippen LogP contribution >= 0.6 is 0 Å². The average Bonchev–Trinajstić information content (AvgIpc) is 2.47. The highest BCUT2D eigenvalue weighted by Gasteiger charge is 2.20. The number of carbonyl (C=O) groups excluding carboxylic acids is 1. The zero-order chi connectivity index (χ0) is 8.97. The van der Waals surface area contributed by atoms with E-state index in [0.29, 0.717) is 18.6 Å². The van der Waals surface area contributed by atoms with E-state index in [0.717, 1.165) is 19.3 Å². The van der Waals surface area contributed by atoms with Gasteiger partial charge >= 0.3 is 0 Å². The zero-order valence-corrected chi connectivity index (χ0v) is 7.80. The first-order valence-corrected chi connectivity index (χ1v) is 4.54. The molecule has 0 bridgehead atoms. The van der Waals surface area contributed by atoms with Gasteiger partial charge in [-0.2, -0.15) is 0 Å². The van der Waals surface area contributed by atoms with E-state index in [1.54, 1.807) is 7.11 Å². The van der Waals surface area contributed by atoms with Gasteiger partial charge in [-0.25, -0.2) is 0 Å². The number of hydrogen-bond acceptors (Lipinski definition) is 2. The summed E-state index contributed by atoms with van der Waals surface area (Å²) in [6.07, 6.45) is 4.08. The summed E-state index contributed by atoms with van der Waals surface area (Å²) in [6.45, 7) is 2.05. The molecule has 1 fully saturated rings. The van der Waals surface area contributed by atoms with E-state index in [4.69, 9.17) is 4.74 Å². The predicted molar refractivity (Wildman–Crippen MR) is 46.9 cm³/mol. The van der Waals surface area contributed by atoms with Gasteiger partial charge in [0.15, 0.2) is 0 Å². The van der Waals surface area contributed by atoms with Crippen molar-refractivity contribution in [2.75, 3.05) is 7.11 Å². The molecule has 0 spiro atoms. The van der Waals surface area contributed by atoms with E-state index in [2.05, 4.69) is 12.2 Å². The summed E-state index contributed by atoms with van der Waals surface area (Å²) >= 11 is 0. The molecule has 0 radical (unpaired) electrons. The van der Waals surface area contributed by atoms with Crippen molar-refractivity contribution in [1.82, 2.24) is 5.32 Å². The molecule has 2 unspecified atom stereocenters. The maximum Gasteiger partial charge on any atom is 0.220 e. The van der Waals surface area contributed by atoms with Crippen LogP contribution in [0.3, 0.4) is 0 Å². The lowest BCUT2D eigenvalue weighted by Gasteiger charge is -2.13. The van der Waals surface area contributed by atoms with Gasteiger partial charge < -0.3 is 10.1 Å². The standard InChI is InChI=1S/C9H17NO2/c1-7(12-2)3-4-8-5-6-9(11)10-8/h7-8H,3-6H2,1-2H3,(H,10,11). The van der Waals surface area contributed by atoms with Crippen molar-refractivity contribution in [3.63, 3.8) is 0 Å². The number of ether oxygens (including phenoxy) is 1. The number of methoxy groups -OCH3 is 1. The van der Waals surface area contributed by atoms with Gasteiger partial charge in [0, 0.05) is 19.6 Å². The van der Waals surface area contributed by atoms with Gasteiger partial charge in [-0.3, -0.25) is 4.79 Å². The molecule has 1 aliphatic heterocycles. The van der Waals surface area contributed by atoms with Crippen LogP contribution in [0.25, 0.3) is 0 Å². The Morgan fingerprint density at radius 1 is 1.75 bits per heavy atom. The molecule has 1 N–H and O–H groups in total. The predicted octanol–water partition coefficient (Wildman–Crippen LogP) is 1.08. The van der Waals surface area contributed by atoms with Crippen molar-refractivity contribution < 1.29 is 9.53 Å². The first kappa shape index (κ1) is 9.52. The SMILES string of the molecule is COC(C)CCC1CCC(=O)N1. The lowest BCUT2D eigenvalue weighted by molar-refractivity contribution is -0.119. The lowest BCUT2D eigenvalue weighted by atomic mass is 10.1. The molecule has 70 valence electrons. The number of amides is 1. The van der Waals surface area contributed by atoms with Gasteiger partial charge in [0.25, 0.3) is 0 Å². The van der Waals surface area contributed by atoms with Gasteiger partial charge in [0.2, 0.25) is 5.91 Å². The van der Waals surface area contributed by atoms with E-state index in [1.165, 1.54) is 0 Å². The van der Waals surface area contributed by atoms with E-state index < -0.39 is 0 Å². The molecule has 1 heterocycles. The molecule has 0 aromatic rings. The highest BCUT2D eigenvalue weighted by atomic mass is 16.5. The Hall–Kier alpha value is -0.570. The normalized spacial score (nSPS) is 25.5. The largest absolute Gasteiger partial charge is 0.382 e. The third-order valence-electron chi connectivity index (χ3n) is 2.41. The third-order valence-corrected chi connectivity index (χ3v) is 2.41. The first-order valence-electron chi connectivity index (χ1n) is 4.54. The van der Waals surface area contributed by atoms with Crippen LogP contribution in [0.5, 0.6) is 0 Å². The summed E-state index contributed by atoms with van der Waals surface area (Å²) in [5.74, 6) is 0.199. The van der Waals surface area contributed by atoms with Crippen molar-refractivity contribution >= 4 is 5.91 Å². The van der Waals surface area contributed by atoms with Gasteiger partial charge in [-0.05, 0) is 26.2 Å². The monoisotopic (exact) mass is 171 g/mol. The van der Waals surface area contributed by atoms with Crippen LogP contribution in [-0.4, -0.2) is 25.2 Å². The molecule has 0 aromatic carbocycles. The number of hydrogen-bond donors (Lipinski definition) is 1. The minimum absolute atomic E-state index is 0.199. The van der Waals surface area contributed by atoms with Crippen LogP contribution < -0.4 is 5.32 Å². The summed E-state index contributed by atoms with van der Waals surface area (Å²) in [5.41, 5.74) is 0. The van der Waals surface area contributed by atoms with E-state index in [-0.39, 0.29) is 5.91 Å². The molecule has 0 aromatic heterocycles. The van der Waals surface area contributed by atoms with Crippen LogP contribution in [0, 0.1) is 0 Å². The minimum Gasteiger partial charge on any atom is -0.382 e. The quantitative estimate of drug-likeness (QED) is 0.687. The number of carbonyl (C=O) groups is 1. The number of rotatable bonds is 4. The summed E-state index contributed by atoms with van der Waals surface area (Å²) in [6, 6.07) is 0.398.